The number of hydrogen-bond donors (Lipinski definition) is 2. The van der Waals surface area contributed by atoms with Gasteiger partial charge in [0.2, 0.25) is 0 Å². The topological polar surface area (TPSA) is 68.2 Å². The molecule has 27 heavy (non-hydrogen) atoms. The van der Waals surface area contributed by atoms with E-state index in [1.54, 1.807) is 18.3 Å². The zero-order chi connectivity index (χ0) is 18.9. The maximum absolute atomic E-state index is 12.8. The van der Waals surface area contributed by atoms with Gasteiger partial charge in [0.05, 0.1) is 13.1 Å². The first-order chi connectivity index (χ1) is 13.2. The number of carbonyl (C=O) groups excluding carboxylic acids is 1. The van der Waals surface area contributed by atoms with E-state index in [0.717, 1.165) is 11.1 Å². The SMILES string of the molecule is O=C(NCCOc1ccc(F)cc1)NCc1ccccc1Cn1cccn1. The highest BCUT2D eigenvalue weighted by atomic mass is 19.1. The van der Waals surface area contributed by atoms with E-state index in [2.05, 4.69) is 15.7 Å². The lowest BCUT2D eigenvalue weighted by Crippen LogP contribution is -2.37. The predicted octanol–water partition coefficient (Wildman–Crippen LogP) is 2.95. The molecule has 0 fully saturated rings. The molecule has 2 aromatic carbocycles. The Morgan fingerprint density at radius 3 is 2.56 bits per heavy atom. The van der Waals surface area contributed by atoms with E-state index >= 15 is 0 Å². The summed E-state index contributed by atoms with van der Waals surface area (Å²) in [5, 5.41) is 9.78. The van der Waals surface area contributed by atoms with Gasteiger partial charge in [-0.3, -0.25) is 4.68 Å². The van der Waals surface area contributed by atoms with E-state index in [1.807, 2.05) is 41.2 Å². The van der Waals surface area contributed by atoms with E-state index in [0.29, 0.717) is 32.0 Å². The highest BCUT2D eigenvalue weighted by molar-refractivity contribution is 5.73. The molecule has 6 nitrogen and oxygen atoms in total. The van der Waals surface area contributed by atoms with E-state index in [9.17, 15) is 9.18 Å². The summed E-state index contributed by atoms with van der Waals surface area (Å²) in [5.74, 6) is 0.249. The summed E-state index contributed by atoms with van der Waals surface area (Å²) in [4.78, 5) is 12.0. The second-order valence-corrected chi connectivity index (χ2v) is 5.88. The van der Waals surface area contributed by atoms with Crippen LogP contribution in [0.4, 0.5) is 9.18 Å². The third-order valence-electron chi connectivity index (χ3n) is 3.92. The smallest absolute Gasteiger partial charge is 0.315 e. The fourth-order valence-corrected chi connectivity index (χ4v) is 2.55. The molecule has 0 aliphatic heterocycles. The average Bonchev–Trinajstić information content (AvgIpc) is 3.19. The van der Waals surface area contributed by atoms with Gasteiger partial charge in [0.25, 0.3) is 0 Å². The van der Waals surface area contributed by atoms with E-state index < -0.39 is 0 Å². The highest BCUT2D eigenvalue weighted by Gasteiger charge is 2.05. The molecule has 2 N–H and O–H groups in total. The van der Waals surface area contributed by atoms with Crippen LogP contribution in [0, 0.1) is 5.82 Å². The van der Waals surface area contributed by atoms with Crippen LogP contribution in [0.15, 0.2) is 67.0 Å². The zero-order valence-electron chi connectivity index (χ0n) is 14.8. The van der Waals surface area contributed by atoms with Crippen molar-refractivity contribution in [2.75, 3.05) is 13.2 Å². The van der Waals surface area contributed by atoms with Gasteiger partial charge in [0.1, 0.15) is 18.2 Å². The molecule has 0 aliphatic rings. The van der Waals surface area contributed by atoms with Gasteiger partial charge >= 0.3 is 6.03 Å². The van der Waals surface area contributed by atoms with Crippen molar-refractivity contribution in [3.63, 3.8) is 0 Å². The summed E-state index contributed by atoms with van der Waals surface area (Å²) in [6, 6.07) is 15.3. The average molecular weight is 368 g/mol. The van der Waals surface area contributed by atoms with Crippen molar-refractivity contribution in [1.82, 2.24) is 20.4 Å². The van der Waals surface area contributed by atoms with Gasteiger partial charge in [-0.1, -0.05) is 24.3 Å². The van der Waals surface area contributed by atoms with Gasteiger partial charge in [-0.25, -0.2) is 9.18 Å². The number of hydrogen-bond acceptors (Lipinski definition) is 3. The van der Waals surface area contributed by atoms with Gasteiger partial charge < -0.3 is 15.4 Å². The molecule has 1 aromatic heterocycles. The van der Waals surface area contributed by atoms with Crippen LogP contribution in [0.2, 0.25) is 0 Å². The molecule has 0 bridgehead atoms. The van der Waals surface area contributed by atoms with Gasteiger partial charge in [-0.05, 0) is 41.5 Å². The summed E-state index contributed by atoms with van der Waals surface area (Å²) in [7, 11) is 0. The standard InChI is InChI=1S/C20H21FN4O2/c21-18-6-8-19(9-7-18)27-13-11-22-20(26)23-14-16-4-1-2-5-17(16)15-25-12-3-10-24-25/h1-10,12H,11,13-15H2,(H2,22,23,26). The maximum atomic E-state index is 12.8. The van der Waals surface area contributed by atoms with Crippen LogP contribution < -0.4 is 15.4 Å². The predicted molar refractivity (Wildman–Crippen MR) is 99.9 cm³/mol. The van der Waals surface area contributed by atoms with Crippen molar-refractivity contribution in [1.29, 1.82) is 0 Å². The molecule has 0 atom stereocenters. The van der Waals surface area contributed by atoms with E-state index in [4.69, 9.17) is 4.74 Å². The number of nitrogens with zero attached hydrogens (tertiary/aromatic N) is 2. The number of amides is 2. The number of benzene rings is 2. The highest BCUT2D eigenvalue weighted by Crippen LogP contribution is 2.11. The Labute approximate surface area is 157 Å². The Balaban J connectivity index is 1.41. The van der Waals surface area contributed by atoms with Crippen LogP contribution in [-0.2, 0) is 13.1 Å². The van der Waals surface area contributed by atoms with Crippen LogP contribution in [-0.4, -0.2) is 29.0 Å². The molecule has 0 aliphatic carbocycles. The molecule has 0 saturated heterocycles. The number of carbonyl (C=O) groups is 1. The molecule has 140 valence electrons. The molecule has 1 heterocycles. The molecular weight excluding hydrogens is 347 g/mol. The Morgan fingerprint density at radius 1 is 1.04 bits per heavy atom. The number of urea groups is 1. The molecule has 3 aromatic rings. The quantitative estimate of drug-likeness (QED) is 0.601. The van der Waals surface area contributed by atoms with Crippen molar-refractivity contribution in [3.05, 3.63) is 83.9 Å². The van der Waals surface area contributed by atoms with Crippen molar-refractivity contribution in [2.45, 2.75) is 13.1 Å². The number of halogens is 1. The lowest BCUT2D eigenvalue weighted by molar-refractivity contribution is 0.236. The van der Waals surface area contributed by atoms with Crippen LogP contribution in [0.25, 0.3) is 0 Å². The zero-order valence-corrected chi connectivity index (χ0v) is 14.8. The monoisotopic (exact) mass is 368 g/mol. The first-order valence-electron chi connectivity index (χ1n) is 8.65. The molecule has 7 heteroatoms. The van der Waals surface area contributed by atoms with Crippen LogP contribution >= 0.6 is 0 Å². The second kappa shape index (κ2) is 9.38. The third kappa shape index (κ3) is 5.85. The number of nitrogens with one attached hydrogen (secondary N) is 2. The maximum Gasteiger partial charge on any atom is 0.315 e. The lowest BCUT2D eigenvalue weighted by atomic mass is 10.1. The minimum atomic E-state index is -0.312. The van der Waals surface area contributed by atoms with Crippen molar-refractivity contribution >= 4 is 6.03 Å². The summed E-state index contributed by atoms with van der Waals surface area (Å²) in [5.41, 5.74) is 2.13. The van der Waals surface area contributed by atoms with E-state index in [-0.39, 0.29) is 11.8 Å². The summed E-state index contributed by atoms with van der Waals surface area (Å²) >= 11 is 0. The normalized spacial score (nSPS) is 10.4. The van der Waals surface area contributed by atoms with Crippen LogP contribution in [0.5, 0.6) is 5.75 Å². The molecule has 0 unspecified atom stereocenters. The summed E-state index contributed by atoms with van der Waals surface area (Å²) in [6.45, 7) is 1.72. The van der Waals surface area contributed by atoms with Gasteiger partial charge in [0, 0.05) is 18.9 Å². The third-order valence-corrected chi connectivity index (χ3v) is 3.92. The van der Waals surface area contributed by atoms with Gasteiger partial charge in [0.15, 0.2) is 0 Å². The first-order valence-corrected chi connectivity index (χ1v) is 8.65. The Hall–Kier alpha value is -3.35. The van der Waals surface area contributed by atoms with Gasteiger partial charge in [-0.15, -0.1) is 0 Å². The number of rotatable bonds is 8. The largest absolute Gasteiger partial charge is 0.492 e. The molecule has 2 amide bonds. The Morgan fingerprint density at radius 2 is 1.81 bits per heavy atom. The summed E-state index contributed by atoms with van der Waals surface area (Å²) < 4.78 is 20.1. The molecule has 3 rings (SSSR count). The second-order valence-electron chi connectivity index (χ2n) is 5.88. The van der Waals surface area contributed by atoms with Crippen LogP contribution in [0.3, 0.4) is 0 Å². The minimum Gasteiger partial charge on any atom is -0.492 e. The Bertz CT molecular complexity index is 851. The molecule has 0 spiro atoms. The van der Waals surface area contributed by atoms with Crippen molar-refractivity contribution in [3.8, 4) is 5.75 Å². The van der Waals surface area contributed by atoms with Crippen molar-refractivity contribution in [2.24, 2.45) is 0 Å². The first kappa shape index (κ1) is 18.4. The fraction of sp³-hybridized carbons (Fsp3) is 0.200. The molecule has 0 radical (unpaired) electrons. The van der Waals surface area contributed by atoms with E-state index in [1.165, 1.54) is 12.1 Å². The molecular formula is C20H21FN4O2. The van der Waals surface area contributed by atoms with Gasteiger partial charge in [-0.2, -0.15) is 5.10 Å². The Kier molecular flexibility index (Phi) is 6.40. The van der Waals surface area contributed by atoms with Crippen molar-refractivity contribution < 1.29 is 13.9 Å². The summed E-state index contributed by atoms with van der Waals surface area (Å²) in [6.07, 6.45) is 3.64. The minimum absolute atomic E-state index is 0.272. The number of aromatic nitrogens is 2. The number of ether oxygens (including phenoxy) is 1. The van der Waals surface area contributed by atoms with Crippen LogP contribution in [0.1, 0.15) is 11.1 Å². The molecule has 0 saturated carbocycles. The lowest BCUT2D eigenvalue weighted by Gasteiger charge is -2.12. The fourth-order valence-electron chi connectivity index (χ4n) is 2.55.